The Morgan fingerprint density at radius 2 is 1.79 bits per heavy atom. The largest absolute Gasteiger partial charge is 0.382 e. The first-order chi connectivity index (χ1) is 9.29. The van der Waals surface area contributed by atoms with E-state index in [1.807, 2.05) is 4.68 Å². The Kier molecular flexibility index (Phi) is 8.11. The van der Waals surface area contributed by atoms with E-state index in [2.05, 4.69) is 17.2 Å². The van der Waals surface area contributed by atoms with Gasteiger partial charge in [-0.2, -0.15) is 0 Å². The molecule has 1 heterocycles. The minimum absolute atomic E-state index is 0.518. The van der Waals surface area contributed by atoms with Crippen molar-refractivity contribution in [2.75, 3.05) is 45.9 Å². The van der Waals surface area contributed by atoms with Crippen molar-refractivity contribution in [3.63, 3.8) is 0 Å². The minimum Gasteiger partial charge on any atom is -0.382 e. The Labute approximate surface area is 114 Å². The molecule has 0 fully saturated rings. The maximum Gasteiger partial charge on any atom is 0.169 e. The molecule has 0 unspecified atom stereocenters. The fourth-order valence-corrected chi connectivity index (χ4v) is 1.63. The summed E-state index contributed by atoms with van der Waals surface area (Å²) in [5.41, 5.74) is 6.75. The maximum atomic E-state index is 5.76. The van der Waals surface area contributed by atoms with Crippen LogP contribution in [0.3, 0.4) is 0 Å². The van der Waals surface area contributed by atoms with Crippen LogP contribution in [-0.4, -0.2) is 55.1 Å². The number of aromatic nitrogens is 3. The van der Waals surface area contributed by atoms with Crippen LogP contribution >= 0.6 is 0 Å². The second-order valence-electron chi connectivity index (χ2n) is 4.11. The fourth-order valence-electron chi connectivity index (χ4n) is 1.63. The summed E-state index contributed by atoms with van der Waals surface area (Å²) in [6, 6.07) is 0. The third kappa shape index (κ3) is 6.00. The number of nitrogen functional groups attached to an aromatic ring is 1. The Morgan fingerprint density at radius 3 is 2.47 bits per heavy atom. The lowest BCUT2D eigenvalue weighted by molar-refractivity contribution is 0.0223. The first-order valence-electron chi connectivity index (χ1n) is 6.61. The Bertz CT molecular complexity index is 344. The summed E-state index contributed by atoms with van der Waals surface area (Å²) in [5, 5.41) is 7.89. The van der Waals surface area contributed by atoms with Crippen LogP contribution in [0.5, 0.6) is 0 Å². The van der Waals surface area contributed by atoms with Crippen LogP contribution in [0.15, 0.2) is 0 Å². The van der Waals surface area contributed by atoms with Gasteiger partial charge in [-0.15, -0.1) is 5.10 Å². The highest BCUT2D eigenvalue weighted by Gasteiger charge is 2.08. The van der Waals surface area contributed by atoms with E-state index in [1.165, 1.54) is 0 Å². The lowest BCUT2D eigenvalue weighted by Gasteiger charge is -2.07. The summed E-state index contributed by atoms with van der Waals surface area (Å²) < 4.78 is 17.4. The van der Waals surface area contributed by atoms with Gasteiger partial charge in [0.15, 0.2) is 5.82 Å². The Balaban J connectivity index is 2.12. The third-order valence-corrected chi connectivity index (χ3v) is 2.61. The van der Waals surface area contributed by atoms with Crippen LogP contribution < -0.4 is 5.73 Å². The van der Waals surface area contributed by atoms with Crippen LogP contribution in [-0.2, 0) is 27.2 Å². The number of hydrogen-bond acceptors (Lipinski definition) is 6. The topological polar surface area (TPSA) is 84.4 Å². The quantitative estimate of drug-likeness (QED) is 0.590. The van der Waals surface area contributed by atoms with E-state index in [4.69, 9.17) is 19.9 Å². The molecule has 0 amide bonds. The number of hydrogen-bond donors (Lipinski definition) is 1. The van der Waals surface area contributed by atoms with E-state index in [0.717, 1.165) is 18.5 Å². The van der Waals surface area contributed by atoms with E-state index < -0.39 is 0 Å². The predicted octanol–water partition coefficient (Wildman–Crippen LogP) is 0.492. The van der Waals surface area contributed by atoms with Crippen molar-refractivity contribution in [3.05, 3.63) is 5.69 Å². The zero-order valence-electron chi connectivity index (χ0n) is 11.8. The van der Waals surface area contributed by atoms with Gasteiger partial charge in [0.25, 0.3) is 0 Å². The summed E-state index contributed by atoms with van der Waals surface area (Å²) in [5.74, 6) is 0.518. The van der Waals surface area contributed by atoms with E-state index >= 15 is 0 Å². The van der Waals surface area contributed by atoms with Gasteiger partial charge in [-0.05, 0) is 6.42 Å². The standard InChI is InChI=1S/C12H24N4O3/c1-3-4-11-12(13)14-15-16(11)5-6-18-9-10-19-8-7-17-2/h3-10,13H2,1-2H3. The smallest absolute Gasteiger partial charge is 0.169 e. The fraction of sp³-hybridized carbons (Fsp3) is 0.833. The van der Waals surface area contributed by atoms with Gasteiger partial charge in [0.05, 0.1) is 45.3 Å². The van der Waals surface area contributed by atoms with Crippen molar-refractivity contribution in [1.29, 1.82) is 0 Å². The number of nitrogens with two attached hydrogens (primary N) is 1. The molecule has 1 aromatic heterocycles. The van der Waals surface area contributed by atoms with Crippen molar-refractivity contribution in [3.8, 4) is 0 Å². The number of ether oxygens (including phenoxy) is 3. The highest BCUT2D eigenvalue weighted by Crippen LogP contribution is 2.09. The normalized spacial score (nSPS) is 11.1. The number of nitrogens with zero attached hydrogens (tertiary/aromatic N) is 3. The molecule has 0 aliphatic heterocycles. The molecular weight excluding hydrogens is 248 g/mol. The van der Waals surface area contributed by atoms with Crippen LogP contribution in [0.25, 0.3) is 0 Å². The Morgan fingerprint density at radius 1 is 1.11 bits per heavy atom. The molecule has 7 nitrogen and oxygen atoms in total. The lowest BCUT2D eigenvalue weighted by atomic mass is 10.2. The monoisotopic (exact) mass is 272 g/mol. The van der Waals surface area contributed by atoms with Crippen molar-refractivity contribution in [2.24, 2.45) is 0 Å². The number of rotatable bonds is 11. The van der Waals surface area contributed by atoms with Gasteiger partial charge in [0.2, 0.25) is 0 Å². The van der Waals surface area contributed by atoms with Gasteiger partial charge in [-0.3, -0.25) is 0 Å². The van der Waals surface area contributed by atoms with Gasteiger partial charge in [0, 0.05) is 7.11 Å². The molecule has 1 rings (SSSR count). The van der Waals surface area contributed by atoms with Crippen molar-refractivity contribution in [2.45, 2.75) is 26.3 Å². The molecule has 0 aromatic carbocycles. The molecule has 2 N–H and O–H groups in total. The highest BCUT2D eigenvalue weighted by atomic mass is 16.5. The summed E-state index contributed by atoms with van der Waals surface area (Å²) in [6.07, 6.45) is 1.91. The van der Waals surface area contributed by atoms with Crippen LogP contribution in [0.2, 0.25) is 0 Å². The molecular formula is C12H24N4O3. The summed E-state index contributed by atoms with van der Waals surface area (Å²) in [7, 11) is 1.65. The Hall–Kier alpha value is -1.18. The second kappa shape index (κ2) is 9.71. The molecule has 19 heavy (non-hydrogen) atoms. The SMILES string of the molecule is CCCc1c(N)nnn1CCOCCOCCOC. The van der Waals surface area contributed by atoms with E-state index in [0.29, 0.717) is 45.4 Å². The van der Waals surface area contributed by atoms with Gasteiger partial charge in [-0.1, -0.05) is 18.6 Å². The molecule has 1 aromatic rings. The summed E-state index contributed by atoms with van der Waals surface area (Å²) in [6.45, 7) is 5.69. The minimum atomic E-state index is 0.518. The molecule has 0 saturated heterocycles. The zero-order valence-corrected chi connectivity index (χ0v) is 11.8. The molecule has 0 atom stereocenters. The van der Waals surface area contributed by atoms with Crippen molar-refractivity contribution < 1.29 is 14.2 Å². The molecule has 0 aliphatic carbocycles. The molecule has 0 bridgehead atoms. The van der Waals surface area contributed by atoms with Crippen LogP contribution in [0.4, 0.5) is 5.82 Å². The van der Waals surface area contributed by atoms with E-state index in [9.17, 15) is 0 Å². The number of anilines is 1. The van der Waals surface area contributed by atoms with E-state index in [1.54, 1.807) is 7.11 Å². The predicted molar refractivity (Wildman–Crippen MR) is 71.9 cm³/mol. The molecule has 0 saturated carbocycles. The first kappa shape index (κ1) is 15.9. The van der Waals surface area contributed by atoms with Gasteiger partial charge in [0.1, 0.15) is 0 Å². The lowest BCUT2D eigenvalue weighted by Crippen LogP contribution is -2.14. The van der Waals surface area contributed by atoms with Crippen molar-refractivity contribution >= 4 is 5.82 Å². The summed E-state index contributed by atoms with van der Waals surface area (Å²) >= 11 is 0. The van der Waals surface area contributed by atoms with Gasteiger partial charge >= 0.3 is 0 Å². The average Bonchev–Trinajstić information content (AvgIpc) is 2.75. The maximum absolute atomic E-state index is 5.76. The second-order valence-corrected chi connectivity index (χ2v) is 4.11. The van der Waals surface area contributed by atoms with Gasteiger partial charge in [-0.25, -0.2) is 4.68 Å². The average molecular weight is 272 g/mol. The van der Waals surface area contributed by atoms with Crippen molar-refractivity contribution in [1.82, 2.24) is 15.0 Å². The highest BCUT2D eigenvalue weighted by molar-refractivity contribution is 5.32. The summed E-state index contributed by atoms with van der Waals surface area (Å²) in [4.78, 5) is 0. The zero-order chi connectivity index (χ0) is 13.9. The molecule has 7 heteroatoms. The van der Waals surface area contributed by atoms with Crippen LogP contribution in [0, 0.1) is 0 Å². The first-order valence-corrected chi connectivity index (χ1v) is 6.61. The van der Waals surface area contributed by atoms with Crippen LogP contribution in [0.1, 0.15) is 19.0 Å². The third-order valence-electron chi connectivity index (χ3n) is 2.61. The molecule has 0 aliphatic rings. The molecule has 110 valence electrons. The molecule has 0 radical (unpaired) electrons. The van der Waals surface area contributed by atoms with Gasteiger partial charge < -0.3 is 19.9 Å². The molecule has 0 spiro atoms. The number of methoxy groups -OCH3 is 1. The van der Waals surface area contributed by atoms with E-state index in [-0.39, 0.29) is 0 Å².